The van der Waals surface area contributed by atoms with Crippen LogP contribution in [0.4, 0.5) is 8.78 Å². The Morgan fingerprint density at radius 3 is 2.40 bits per heavy atom. The van der Waals surface area contributed by atoms with Gasteiger partial charge in [-0.2, -0.15) is 0 Å². The van der Waals surface area contributed by atoms with Crippen LogP contribution in [0.5, 0.6) is 0 Å². The predicted octanol–water partition coefficient (Wildman–Crippen LogP) is 4.24. The molecule has 0 bridgehead atoms. The van der Waals surface area contributed by atoms with E-state index < -0.39 is 11.6 Å². The van der Waals surface area contributed by atoms with Crippen LogP contribution in [0.1, 0.15) is 25.3 Å². The molecule has 2 aromatic rings. The second-order valence-corrected chi connectivity index (χ2v) is 4.02. The first-order valence-electron chi connectivity index (χ1n) is 4.96. The van der Waals surface area contributed by atoms with E-state index in [1.807, 2.05) is 12.1 Å². The highest BCUT2D eigenvalue weighted by Gasteiger charge is 2.06. The topological polar surface area (TPSA) is 0 Å². The van der Waals surface area contributed by atoms with Gasteiger partial charge in [-0.05, 0) is 22.9 Å². The highest BCUT2D eigenvalue weighted by molar-refractivity contribution is 5.83. The zero-order valence-electron chi connectivity index (χ0n) is 8.72. The van der Waals surface area contributed by atoms with Crippen LogP contribution in [0.3, 0.4) is 0 Å². The van der Waals surface area contributed by atoms with Gasteiger partial charge in [0.2, 0.25) is 0 Å². The third kappa shape index (κ3) is 1.84. The van der Waals surface area contributed by atoms with Gasteiger partial charge in [0.15, 0.2) is 0 Å². The number of hydrogen-bond acceptors (Lipinski definition) is 0. The van der Waals surface area contributed by atoms with Gasteiger partial charge in [0, 0.05) is 11.5 Å². The number of halogens is 2. The Kier molecular flexibility index (Phi) is 2.43. The van der Waals surface area contributed by atoms with E-state index in [0.717, 1.165) is 11.6 Å². The van der Waals surface area contributed by atoms with Crippen molar-refractivity contribution >= 4 is 10.8 Å². The summed E-state index contributed by atoms with van der Waals surface area (Å²) >= 11 is 0. The minimum atomic E-state index is -0.527. The van der Waals surface area contributed by atoms with Crippen LogP contribution in [0.2, 0.25) is 0 Å². The van der Waals surface area contributed by atoms with Crippen LogP contribution in [-0.4, -0.2) is 0 Å². The molecule has 0 spiro atoms. The fraction of sp³-hybridized carbons (Fsp3) is 0.231. The normalized spacial score (nSPS) is 11.3. The third-order valence-electron chi connectivity index (χ3n) is 2.56. The van der Waals surface area contributed by atoms with E-state index in [0.29, 0.717) is 16.7 Å². The van der Waals surface area contributed by atoms with E-state index >= 15 is 0 Å². The van der Waals surface area contributed by atoms with Gasteiger partial charge in [0.25, 0.3) is 0 Å². The van der Waals surface area contributed by atoms with Crippen molar-refractivity contribution < 1.29 is 8.78 Å². The van der Waals surface area contributed by atoms with Crippen LogP contribution in [-0.2, 0) is 0 Å². The molecular weight excluding hydrogens is 194 g/mol. The lowest BCUT2D eigenvalue weighted by molar-refractivity contribution is 0.592. The zero-order valence-corrected chi connectivity index (χ0v) is 8.72. The summed E-state index contributed by atoms with van der Waals surface area (Å²) in [5, 5.41) is 1.10. The van der Waals surface area contributed by atoms with Gasteiger partial charge in [-0.3, -0.25) is 0 Å². The monoisotopic (exact) mass is 206 g/mol. The molecule has 0 aliphatic heterocycles. The predicted molar refractivity (Wildman–Crippen MR) is 58.0 cm³/mol. The summed E-state index contributed by atoms with van der Waals surface area (Å²) in [4.78, 5) is 0. The van der Waals surface area contributed by atoms with Gasteiger partial charge >= 0.3 is 0 Å². The molecule has 15 heavy (non-hydrogen) atoms. The van der Waals surface area contributed by atoms with E-state index in [4.69, 9.17) is 0 Å². The molecule has 0 nitrogen and oxygen atoms in total. The number of hydrogen-bond donors (Lipinski definition) is 0. The van der Waals surface area contributed by atoms with Crippen LogP contribution in [0, 0.1) is 11.6 Å². The molecule has 0 N–H and O–H groups in total. The van der Waals surface area contributed by atoms with Gasteiger partial charge in [0.05, 0.1) is 0 Å². The molecule has 2 aromatic carbocycles. The lowest BCUT2D eigenvalue weighted by atomic mass is 9.99. The van der Waals surface area contributed by atoms with Crippen molar-refractivity contribution in [2.24, 2.45) is 0 Å². The number of fused-ring (bicyclic) bond motifs is 1. The van der Waals surface area contributed by atoms with Crippen LogP contribution in [0.15, 0.2) is 30.3 Å². The Bertz CT molecular complexity index is 501. The maximum Gasteiger partial charge on any atom is 0.133 e. The average molecular weight is 206 g/mol. The molecule has 2 heteroatoms. The van der Waals surface area contributed by atoms with E-state index in [-0.39, 0.29) is 0 Å². The van der Waals surface area contributed by atoms with Crippen molar-refractivity contribution in [1.29, 1.82) is 0 Å². The SMILES string of the molecule is CC(C)c1ccc2c(F)cc(F)cc2c1. The molecule has 78 valence electrons. The molecule has 0 saturated carbocycles. The standard InChI is InChI=1S/C13H12F2/c1-8(2)9-3-4-12-10(5-9)6-11(14)7-13(12)15/h3-8H,1-2H3. The largest absolute Gasteiger partial charge is 0.207 e. The van der Waals surface area contributed by atoms with Gasteiger partial charge in [-0.15, -0.1) is 0 Å². The molecule has 2 rings (SSSR count). The Balaban J connectivity index is 2.71. The van der Waals surface area contributed by atoms with Crippen molar-refractivity contribution in [3.05, 3.63) is 47.5 Å². The zero-order chi connectivity index (χ0) is 11.0. The van der Waals surface area contributed by atoms with Gasteiger partial charge < -0.3 is 0 Å². The van der Waals surface area contributed by atoms with Crippen molar-refractivity contribution in [3.63, 3.8) is 0 Å². The fourth-order valence-electron chi connectivity index (χ4n) is 1.67. The maximum atomic E-state index is 13.3. The first kappa shape index (κ1) is 10.1. The van der Waals surface area contributed by atoms with Crippen LogP contribution >= 0.6 is 0 Å². The van der Waals surface area contributed by atoms with Crippen LogP contribution in [0.25, 0.3) is 10.8 Å². The minimum Gasteiger partial charge on any atom is -0.207 e. The van der Waals surface area contributed by atoms with Gasteiger partial charge in [-0.1, -0.05) is 32.0 Å². The Hall–Kier alpha value is -1.44. The van der Waals surface area contributed by atoms with Crippen molar-refractivity contribution in [2.45, 2.75) is 19.8 Å². The van der Waals surface area contributed by atoms with E-state index in [9.17, 15) is 8.78 Å². The summed E-state index contributed by atoms with van der Waals surface area (Å²) < 4.78 is 26.3. The van der Waals surface area contributed by atoms with Crippen molar-refractivity contribution in [3.8, 4) is 0 Å². The fourth-order valence-corrected chi connectivity index (χ4v) is 1.67. The summed E-state index contributed by atoms with van der Waals surface area (Å²) in [5.74, 6) is -0.665. The highest BCUT2D eigenvalue weighted by Crippen LogP contribution is 2.24. The molecule has 0 aromatic heterocycles. The van der Waals surface area contributed by atoms with Gasteiger partial charge in [-0.25, -0.2) is 8.78 Å². The third-order valence-corrected chi connectivity index (χ3v) is 2.56. The summed E-state index contributed by atoms with van der Waals surface area (Å²) in [6.07, 6.45) is 0. The number of benzene rings is 2. The molecule has 0 fully saturated rings. The molecule has 0 aliphatic rings. The molecule has 0 radical (unpaired) electrons. The molecule has 0 amide bonds. The van der Waals surface area contributed by atoms with E-state index in [1.165, 1.54) is 6.07 Å². The first-order valence-corrected chi connectivity index (χ1v) is 4.96. The Morgan fingerprint density at radius 1 is 1.00 bits per heavy atom. The second kappa shape index (κ2) is 3.61. The first-order chi connectivity index (χ1) is 7.08. The van der Waals surface area contributed by atoms with Gasteiger partial charge in [0.1, 0.15) is 11.6 Å². The Morgan fingerprint density at radius 2 is 1.73 bits per heavy atom. The molecule has 0 saturated heterocycles. The molecule has 0 aliphatic carbocycles. The quantitative estimate of drug-likeness (QED) is 0.654. The van der Waals surface area contributed by atoms with E-state index in [2.05, 4.69) is 13.8 Å². The molecular formula is C13H12F2. The molecule has 0 heterocycles. The second-order valence-electron chi connectivity index (χ2n) is 4.02. The van der Waals surface area contributed by atoms with E-state index in [1.54, 1.807) is 6.07 Å². The summed E-state index contributed by atoms with van der Waals surface area (Å²) in [6.45, 7) is 4.10. The van der Waals surface area contributed by atoms with Crippen molar-refractivity contribution in [1.82, 2.24) is 0 Å². The Labute approximate surface area is 87.5 Å². The molecule has 0 atom stereocenters. The number of rotatable bonds is 1. The summed E-state index contributed by atoms with van der Waals surface area (Å²) in [6, 6.07) is 7.71. The lowest BCUT2D eigenvalue weighted by Crippen LogP contribution is -1.89. The highest BCUT2D eigenvalue weighted by atomic mass is 19.1. The summed E-state index contributed by atoms with van der Waals surface area (Å²) in [7, 11) is 0. The average Bonchev–Trinajstić information content (AvgIpc) is 2.16. The smallest absolute Gasteiger partial charge is 0.133 e. The van der Waals surface area contributed by atoms with Crippen LogP contribution < -0.4 is 0 Å². The van der Waals surface area contributed by atoms with Crippen molar-refractivity contribution in [2.75, 3.05) is 0 Å². The lowest BCUT2D eigenvalue weighted by Gasteiger charge is -2.07. The summed E-state index contributed by atoms with van der Waals surface area (Å²) in [5.41, 5.74) is 1.09. The molecule has 0 unspecified atom stereocenters. The minimum absolute atomic E-state index is 0.362. The maximum absolute atomic E-state index is 13.3.